The Bertz CT molecular complexity index is 954. The van der Waals surface area contributed by atoms with Gasteiger partial charge in [-0.3, -0.25) is 4.79 Å². The number of rotatable bonds is 3. The molecule has 2 heterocycles. The summed E-state index contributed by atoms with van der Waals surface area (Å²) in [6.07, 6.45) is 3.87. The molecule has 29 heavy (non-hydrogen) atoms. The van der Waals surface area contributed by atoms with Crippen LogP contribution in [0.15, 0.2) is 23.6 Å². The van der Waals surface area contributed by atoms with Crippen LogP contribution in [0, 0.1) is 0 Å². The van der Waals surface area contributed by atoms with Crippen molar-refractivity contribution < 1.29 is 14.3 Å². The number of nitrogens with one attached hydrogen (secondary N) is 1. The quantitative estimate of drug-likeness (QED) is 0.797. The SMILES string of the molecule is CN1C(=O)Cc2cc(-c3csc(C4(NC(=O)OC(C)(C)C)CCCC4)n3)ccc21. The number of amides is 2. The van der Waals surface area contributed by atoms with Crippen LogP contribution in [-0.4, -0.2) is 29.6 Å². The molecule has 154 valence electrons. The van der Waals surface area contributed by atoms with Crippen LogP contribution in [-0.2, 0) is 21.5 Å². The first-order valence-electron chi connectivity index (χ1n) is 10.0. The summed E-state index contributed by atoms with van der Waals surface area (Å²) >= 11 is 1.58. The highest BCUT2D eigenvalue weighted by Crippen LogP contribution is 2.42. The number of hydrogen-bond donors (Lipinski definition) is 1. The third-order valence-electron chi connectivity index (χ3n) is 5.56. The van der Waals surface area contributed by atoms with E-state index in [1.54, 1.807) is 23.3 Å². The molecule has 1 fully saturated rings. The third kappa shape index (κ3) is 3.88. The number of hydrogen-bond acceptors (Lipinski definition) is 5. The normalized spacial score (nSPS) is 18.1. The summed E-state index contributed by atoms with van der Waals surface area (Å²) < 4.78 is 5.50. The smallest absolute Gasteiger partial charge is 0.408 e. The lowest BCUT2D eigenvalue weighted by atomic mass is 9.98. The highest BCUT2D eigenvalue weighted by molar-refractivity contribution is 7.10. The maximum atomic E-state index is 12.5. The summed E-state index contributed by atoms with van der Waals surface area (Å²) in [4.78, 5) is 31.0. The zero-order valence-electron chi connectivity index (χ0n) is 17.4. The summed E-state index contributed by atoms with van der Waals surface area (Å²) in [7, 11) is 1.81. The Morgan fingerprint density at radius 1 is 1.28 bits per heavy atom. The van der Waals surface area contributed by atoms with Crippen molar-refractivity contribution in [2.75, 3.05) is 11.9 Å². The van der Waals surface area contributed by atoms with E-state index in [9.17, 15) is 9.59 Å². The fourth-order valence-corrected chi connectivity index (χ4v) is 5.17. The van der Waals surface area contributed by atoms with E-state index >= 15 is 0 Å². The topological polar surface area (TPSA) is 71.5 Å². The Morgan fingerprint density at radius 3 is 2.69 bits per heavy atom. The molecule has 2 aliphatic rings. The van der Waals surface area contributed by atoms with Gasteiger partial charge in [-0.05, 0) is 51.3 Å². The minimum Gasteiger partial charge on any atom is -0.444 e. The van der Waals surface area contributed by atoms with E-state index in [0.29, 0.717) is 6.42 Å². The van der Waals surface area contributed by atoms with Gasteiger partial charge in [0.25, 0.3) is 0 Å². The Kier molecular flexibility index (Phi) is 4.89. The second kappa shape index (κ2) is 7.13. The Labute approximate surface area is 175 Å². The number of aromatic nitrogens is 1. The predicted molar refractivity (Wildman–Crippen MR) is 114 cm³/mol. The van der Waals surface area contributed by atoms with E-state index in [0.717, 1.165) is 53.2 Å². The molecule has 2 amide bonds. The maximum absolute atomic E-state index is 12.5. The lowest BCUT2D eigenvalue weighted by molar-refractivity contribution is -0.117. The van der Waals surface area contributed by atoms with Crippen LogP contribution in [0.5, 0.6) is 0 Å². The molecule has 0 unspecified atom stereocenters. The highest BCUT2D eigenvalue weighted by atomic mass is 32.1. The molecule has 1 aromatic heterocycles. The average molecular weight is 414 g/mol. The summed E-state index contributed by atoms with van der Waals surface area (Å²) in [6.45, 7) is 5.60. The number of anilines is 1. The van der Waals surface area contributed by atoms with Gasteiger partial charge in [0, 0.05) is 23.7 Å². The van der Waals surface area contributed by atoms with E-state index < -0.39 is 17.2 Å². The van der Waals surface area contributed by atoms with Crippen molar-refractivity contribution in [3.8, 4) is 11.3 Å². The maximum Gasteiger partial charge on any atom is 0.408 e. The molecule has 2 aromatic rings. The lowest BCUT2D eigenvalue weighted by Crippen LogP contribution is -2.46. The van der Waals surface area contributed by atoms with Crippen molar-refractivity contribution in [1.82, 2.24) is 10.3 Å². The van der Waals surface area contributed by atoms with Crippen LogP contribution in [0.4, 0.5) is 10.5 Å². The molecule has 0 spiro atoms. The molecule has 1 saturated carbocycles. The van der Waals surface area contributed by atoms with Crippen LogP contribution < -0.4 is 10.2 Å². The fourth-order valence-electron chi connectivity index (χ4n) is 4.13. The van der Waals surface area contributed by atoms with Gasteiger partial charge in [0.15, 0.2) is 0 Å². The molecule has 7 heteroatoms. The summed E-state index contributed by atoms with van der Waals surface area (Å²) in [6, 6.07) is 6.05. The van der Waals surface area contributed by atoms with Gasteiger partial charge in [0.2, 0.25) is 5.91 Å². The average Bonchev–Trinajstić information content (AvgIpc) is 3.34. The summed E-state index contributed by atoms with van der Waals surface area (Å²) in [5.41, 5.74) is 2.89. The van der Waals surface area contributed by atoms with Crippen molar-refractivity contribution in [2.24, 2.45) is 0 Å². The number of ether oxygens (including phenoxy) is 1. The zero-order chi connectivity index (χ0) is 20.8. The molecular weight excluding hydrogens is 386 g/mol. The highest BCUT2D eigenvalue weighted by Gasteiger charge is 2.41. The molecular formula is C22H27N3O3S. The molecule has 0 atom stereocenters. The number of carbonyl (C=O) groups is 2. The number of fused-ring (bicyclic) bond motifs is 1. The Hall–Kier alpha value is -2.41. The number of alkyl carbamates (subject to hydrolysis) is 1. The van der Waals surface area contributed by atoms with E-state index in [-0.39, 0.29) is 5.91 Å². The van der Waals surface area contributed by atoms with Crippen molar-refractivity contribution in [3.63, 3.8) is 0 Å². The number of likely N-dealkylation sites (N-methyl/N-ethyl adjacent to an activating group) is 1. The van der Waals surface area contributed by atoms with Gasteiger partial charge in [-0.25, -0.2) is 9.78 Å². The minimum absolute atomic E-state index is 0.114. The van der Waals surface area contributed by atoms with Crippen LogP contribution >= 0.6 is 11.3 Å². The molecule has 6 nitrogen and oxygen atoms in total. The largest absolute Gasteiger partial charge is 0.444 e. The summed E-state index contributed by atoms with van der Waals surface area (Å²) in [5.74, 6) is 0.114. The number of benzene rings is 1. The molecule has 1 aromatic carbocycles. The van der Waals surface area contributed by atoms with Gasteiger partial charge in [-0.15, -0.1) is 11.3 Å². The van der Waals surface area contributed by atoms with E-state index in [1.165, 1.54) is 0 Å². The van der Waals surface area contributed by atoms with Gasteiger partial charge >= 0.3 is 6.09 Å². The number of thiazole rings is 1. The Morgan fingerprint density at radius 2 is 2.00 bits per heavy atom. The van der Waals surface area contributed by atoms with Crippen LogP contribution in [0.1, 0.15) is 57.0 Å². The first-order valence-corrected chi connectivity index (χ1v) is 10.9. The molecule has 0 radical (unpaired) electrons. The predicted octanol–water partition coefficient (Wildman–Crippen LogP) is 4.62. The van der Waals surface area contributed by atoms with Crippen molar-refractivity contribution in [1.29, 1.82) is 0 Å². The van der Waals surface area contributed by atoms with E-state index in [4.69, 9.17) is 9.72 Å². The molecule has 1 aliphatic heterocycles. The van der Waals surface area contributed by atoms with E-state index in [1.807, 2.05) is 38.3 Å². The van der Waals surface area contributed by atoms with Crippen molar-refractivity contribution >= 4 is 29.0 Å². The van der Waals surface area contributed by atoms with Crippen LogP contribution in [0.25, 0.3) is 11.3 Å². The standard InChI is InChI=1S/C22H27N3O3S/c1-21(2,3)28-20(27)24-22(9-5-6-10-22)19-23-16(13-29-19)14-7-8-17-15(11-14)12-18(26)25(17)4/h7-8,11,13H,5-6,9-10,12H2,1-4H3,(H,24,27). The van der Waals surface area contributed by atoms with Gasteiger partial charge in [0.05, 0.1) is 17.7 Å². The molecule has 4 rings (SSSR count). The van der Waals surface area contributed by atoms with Gasteiger partial charge in [0.1, 0.15) is 10.6 Å². The van der Waals surface area contributed by atoms with Crippen molar-refractivity contribution in [3.05, 3.63) is 34.2 Å². The second-order valence-electron chi connectivity index (χ2n) is 8.93. The summed E-state index contributed by atoms with van der Waals surface area (Å²) in [5, 5.41) is 6.08. The molecule has 0 bridgehead atoms. The molecule has 1 aliphatic carbocycles. The van der Waals surface area contributed by atoms with E-state index in [2.05, 4.69) is 11.4 Å². The van der Waals surface area contributed by atoms with Crippen molar-refractivity contribution in [2.45, 2.75) is 64.0 Å². The molecule has 0 saturated heterocycles. The van der Waals surface area contributed by atoms with Crippen LogP contribution in [0.2, 0.25) is 0 Å². The monoisotopic (exact) mass is 413 g/mol. The minimum atomic E-state index is -0.535. The fraction of sp³-hybridized carbons (Fsp3) is 0.500. The van der Waals surface area contributed by atoms with Crippen LogP contribution in [0.3, 0.4) is 0 Å². The first-order chi connectivity index (χ1) is 13.7. The molecule has 1 N–H and O–H groups in total. The first kappa shape index (κ1) is 19.9. The second-order valence-corrected chi connectivity index (χ2v) is 9.79. The van der Waals surface area contributed by atoms with Gasteiger partial charge < -0.3 is 15.0 Å². The third-order valence-corrected chi connectivity index (χ3v) is 6.61. The Balaban J connectivity index is 1.60. The lowest BCUT2D eigenvalue weighted by Gasteiger charge is -2.30. The van der Waals surface area contributed by atoms with Gasteiger partial charge in [-0.1, -0.05) is 18.9 Å². The number of nitrogens with zero attached hydrogens (tertiary/aromatic N) is 2. The number of carbonyl (C=O) groups excluding carboxylic acids is 2. The van der Waals surface area contributed by atoms with Gasteiger partial charge in [-0.2, -0.15) is 0 Å². The zero-order valence-corrected chi connectivity index (χ0v) is 18.2.